The molecule has 1 rings (SSSR count). The van der Waals surface area contributed by atoms with Crippen LogP contribution in [0.25, 0.3) is 0 Å². The first kappa shape index (κ1) is 13.5. The van der Waals surface area contributed by atoms with E-state index in [1.807, 2.05) is 14.0 Å². The van der Waals surface area contributed by atoms with Crippen LogP contribution in [0.4, 0.5) is 0 Å². The molecule has 2 atom stereocenters. The molecule has 0 aromatic rings. The standard InChI is InChI=1S/C13H25NO2/c1-4-11-7-6-8-13(9-11,14-3)10-12(15)16-5-2/h11,14H,4-10H2,1-3H3. The molecule has 0 radical (unpaired) electrons. The van der Waals surface area contributed by atoms with Gasteiger partial charge in [0, 0.05) is 5.54 Å². The van der Waals surface area contributed by atoms with Gasteiger partial charge in [-0.25, -0.2) is 0 Å². The molecule has 3 nitrogen and oxygen atoms in total. The molecule has 0 amide bonds. The van der Waals surface area contributed by atoms with Crippen LogP contribution in [0.2, 0.25) is 0 Å². The Morgan fingerprint density at radius 2 is 2.25 bits per heavy atom. The van der Waals surface area contributed by atoms with E-state index in [1.165, 1.54) is 19.3 Å². The quantitative estimate of drug-likeness (QED) is 0.733. The number of ether oxygens (including phenoxy) is 1. The first-order valence-corrected chi connectivity index (χ1v) is 6.50. The van der Waals surface area contributed by atoms with E-state index in [0.29, 0.717) is 13.0 Å². The second-order valence-corrected chi connectivity index (χ2v) is 4.88. The minimum atomic E-state index is -0.0615. The summed E-state index contributed by atoms with van der Waals surface area (Å²) in [4.78, 5) is 11.6. The maximum absolute atomic E-state index is 11.6. The van der Waals surface area contributed by atoms with E-state index < -0.39 is 0 Å². The molecular formula is C13H25NO2. The van der Waals surface area contributed by atoms with Crippen molar-refractivity contribution in [2.24, 2.45) is 5.92 Å². The van der Waals surface area contributed by atoms with E-state index in [0.717, 1.165) is 18.8 Å². The van der Waals surface area contributed by atoms with Gasteiger partial charge in [-0.1, -0.05) is 26.2 Å². The summed E-state index contributed by atoms with van der Waals surface area (Å²) in [6.07, 6.45) is 6.47. The third-order valence-corrected chi connectivity index (χ3v) is 3.84. The van der Waals surface area contributed by atoms with Crippen molar-refractivity contribution in [3.8, 4) is 0 Å². The molecule has 0 aromatic heterocycles. The molecule has 0 spiro atoms. The highest BCUT2D eigenvalue weighted by Gasteiger charge is 2.36. The molecule has 16 heavy (non-hydrogen) atoms. The van der Waals surface area contributed by atoms with Crippen molar-refractivity contribution in [3.05, 3.63) is 0 Å². The molecule has 3 heteroatoms. The second kappa shape index (κ2) is 6.24. The first-order valence-electron chi connectivity index (χ1n) is 6.50. The highest BCUT2D eigenvalue weighted by Crippen LogP contribution is 2.36. The molecule has 0 saturated heterocycles. The molecule has 0 bridgehead atoms. The van der Waals surface area contributed by atoms with Gasteiger partial charge in [0.15, 0.2) is 0 Å². The average molecular weight is 227 g/mol. The van der Waals surface area contributed by atoms with Gasteiger partial charge in [-0.2, -0.15) is 0 Å². The van der Waals surface area contributed by atoms with E-state index in [-0.39, 0.29) is 11.5 Å². The molecule has 0 aliphatic heterocycles. The predicted molar refractivity (Wildman–Crippen MR) is 65.3 cm³/mol. The largest absolute Gasteiger partial charge is 0.466 e. The Labute approximate surface area is 98.9 Å². The van der Waals surface area contributed by atoms with Gasteiger partial charge < -0.3 is 10.1 Å². The number of hydrogen-bond acceptors (Lipinski definition) is 3. The van der Waals surface area contributed by atoms with Crippen LogP contribution in [-0.2, 0) is 9.53 Å². The lowest BCUT2D eigenvalue weighted by Gasteiger charge is -2.40. The minimum Gasteiger partial charge on any atom is -0.466 e. The zero-order chi connectivity index (χ0) is 12.0. The van der Waals surface area contributed by atoms with Crippen molar-refractivity contribution in [3.63, 3.8) is 0 Å². The SMILES string of the molecule is CCOC(=O)CC1(NC)CCCC(CC)C1. The van der Waals surface area contributed by atoms with E-state index in [9.17, 15) is 4.79 Å². The zero-order valence-corrected chi connectivity index (χ0v) is 10.8. The molecule has 1 aliphatic rings. The van der Waals surface area contributed by atoms with Crippen molar-refractivity contribution in [2.75, 3.05) is 13.7 Å². The summed E-state index contributed by atoms with van der Waals surface area (Å²) < 4.78 is 5.06. The maximum atomic E-state index is 11.6. The van der Waals surface area contributed by atoms with Crippen molar-refractivity contribution in [1.82, 2.24) is 5.32 Å². The highest BCUT2D eigenvalue weighted by atomic mass is 16.5. The lowest BCUT2D eigenvalue weighted by molar-refractivity contribution is -0.145. The first-order chi connectivity index (χ1) is 7.65. The zero-order valence-electron chi connectivity index (χ0n) is 10.8. The summed E-state index contributed by atoms with van der Waals surface area (Å²) in [5.41, 5.74) is -0.00875. The Morgan fingerprint density at radius 3 is 2.81 bits per heavy atom. The van der Waals surface area contributed by atoms with Crippen LogP contribution >= 0.6 is 0 Å². The van der Waals surface area contributed by atoms with Gasteiger partial charge in [-0.15, -0.1) is 0 Å². The van der Waals surface area contributed by atoms with E-state index in [1.54, 1.807) is 0 Å². The maximum Gasteiger partial charge on any atom is 0.307 e. The molecule has 1 aliphatic carbocycles. The fraction of sp³-hybridized carbons (Fsp3) is 0.923. The third-order valence-electron chi connectivity index (χ3n) is 3.84. The fourth-order valence-corrected chi connectivity index (χ4v) is 2.80. The van der Waals surface area contributed by atoms with Crippen LogP contribution in [0.1, 0.15) is 52.4 Å². The summed E-state index contributed by atoms with van der Waals surface area (Å²) in [5.74, 6) is 0.698. The van der Waals surface area contributed by atoms with Crippen molar-refractivity contribution in [1.29, 1.82) is 0 Å². The fourth-order valence-electron chi connectivity index (χ4n) is 2.80. The molecule has 1 N–H and O–H groups in total. The smallest absolute Gasteiger partial charge is 0.307 e. The number of esters is 1. The van der Waals surface area contributed by atoms with Crippen LogP contribution in [0.5, 0.6) is 0 Å². The predicted octanol–water partition coefficient (Wildman–Crippen LogP) is 2.50. The van der Waals surface area contributed by atoms with Gasteiger partial charge >= 0.3 is 5.97 Å². The number of carbonyl (C=O) groups excluding carboxylic acids is 1. The number of nitrogens with one attached hydrogen (secondary N) is 1. The lowest BCUT2D eigenvalue weighted by Crippen LogP contribution is -2.48. The van der Waals surface area contributed by atoms with Gasteiger partial charge in [0.25, 0.3) is 0 Å². The van der Waals surface area contributed by atoms with E-state index >= 15 is 0 Å². The second-order valence-electron chi connectivity index (χ2n) is 4.88. The van der Waals surface area contributed by atoms with Gasteiger partial charge in [-0.05, 0) is 32.7 Å². The van der Waals surface area contributed by atoms with Crippen molar-refractivity contribution >= 4 is 5.97 Å². The van der Waals surface area contributed by atoms with Crippen LogP contribution in [0.15, 0.2) is 0 Å². The van der Waals surface area contributed by atoms with E-state index in [4.69, 9.17) is 4.74 Å². The molecule has 0 heterocycles. The van der Waals surface area contributed by atoms with Gasteiger partial charge in [0.1, 0.15) is 0 Å². The monoisotopic (exact) mass is 227 g/mol. The Bertz CT molecular complexity index is 230. The summed E-state index contributed by atoms with van der Waals surface area (Å²) in [6.45, 7) is 4.58. The Hall–Kier alpha value is -0.570. The number of carbonyl (C=O) groups is 1. The molecule has 2 unspecified atom stereocenters. The number of rotatable bonds is 5. The summed E-state index contributed by atoms with van der Waals surface area (Å²) in [5, 5.41) is 3.37. The lowest BCUT2D eigenvalue weighted by atomic mass is 9.73. The van der Waals surface area contributed by atoms with Crippen LogP contribution in [-0.4, -0.2) is 25.2 Å². The Kier molecular flexibility index (Phi) is 5.26. The van der Waals surface area contributed by atoms with Gasteiger partial charge in [0.05, 0.1) is 13.0 Å². The van der Waals surface area contributed by atoms with Crippen molar-refractivity contribution < 1.29 is 9.53 Å². The van der Waals surface area contributed by atoms with Crippen LogP contribution in [0.3, 0.4) is 0 Å². The topological polar surface area (TPSA) is 38.3 Å². The molecule has 0 aromatic carbocycles. The van der Waals surface area contributed by atoms with Crippen LogP contribution in [0, 0.1) is 5.92 Å². The van der Waals surface area contributed by atoms with E-state index in [2.05, 4.69) is 12.2 Å². The highest BCUT2D eigenvalue weighted by molar-refractivity contribution is 5.71. The molecule has 1 saturated carbocycles. The van der Waals surface area contributed by atoms with Crippen molar-refractivity contribution in [2.45, 2.75) is 57.9 Å². The van der Waals surface area contributed by atoms with Crippen LogP contribution < -0.4 is 5.32 Å². The molecule has 94 valence electrons. The minimum absolute atomic E-state index is 0.00875. The number of hydrogen-bond donors (Lipinski definition) is 1. The Balaban J connectivity index is 2.58. The van der Waals surface area contributed by atoms with Gasteiger partial charge in [0.2, 0.25) is 0 Å². The molecule has 1 fully saturated rings. The summed E-state index contributed by atoms with van der Waals surface area (Å²) >= 11 is 0. The normalized spacial score (nSPS) is 30.1. The summed E-state index contributed by atoms with van der Waals surface area (Å²) in [6, 6.07) is 0. The third kappa shape index (κ3) is 3.48. The average Bonchev–Trinajstić information content (AvgIpc) is 2.29. The molecular weight excluding hydrogens is 202 g/mol. The summed E-state index contributed by atoms with van der Waals surface area (Å²) in [7, 11) is 1.97. The Morgan fingerprint density at radius 1 is 1.50 bits per heavy atom. The van der Waals surface area contributed by atoms with Gasteiger partial charge in [-0.3, -0.25) is 4.79 Å².